The number of rotatable bonds is 3. The Labute approximate surface area is 127 Å². The van der Waals surface area contributed by atoms with Gasteiger partial charge >= 0.3 is 12.1 Å². The van der Waals surface area contributed by atoms with Gasteiger partial charge in [0, 0.05) is 25.2 Å². The molecule has 1 rings (SSSR count). The van der Waals surface area contributed by atoms with E-state index >= 15 is 0 Å². The molecule has 0 radical (unpaired) electrons. The largest absolute Gasteiger partial charge is 0.444 e. The van der Waals surface area contributed by atoms with E-state index in [9.17, 15) is 9.59 Å². The van der Waals surface area contributed by atoms with Gasteiger partial charge in [-0.3, -0.25) is 0 Å². The minimum Gasteiger partial charge on any atom is -0.444 e. The summed E-state index contributed by atoms with van der Waals surface area (Å²) < 4.78 is 5.12. The van der Waals surface area contributed by atoms with E-state index in [0.29, 0.717) is 13.1 Å². The van der Waals surface area contributed by atoms with Gasteiger partial charge in [-0.05, 0) is 53.9 Å². The fourth-order valence-electron chi connectivity index (χ4n) is 2.56. The van der Waals surface area contributed by atoms with Crippen LogP contribution in [0.4, 0.5) is 9.59 Å². The van der Waals surface area contributed by atoms with Crippen LogP contribution in [0.15, 0.2) is 0 Å². The second-order valence-corrected chi connectivity index (χ2v) is 6.70. The highest BCUT2D eigenvalue weighted by Gasteiger charge is 2.28. The van der Waals surface area contributed by atoms with Gasteiger partial charge < -0.3 is 20.3 Å². The van der Waals surface area contributed by atoms with Crippen molar-refractivity contribution in [3.05, 3.63) is 0 Å². The molecular formula is C15H29N3O3. The molecule has 0 aromatic carbocycles. The number of urea groups is 1. The summed E-state index contributed by atoms with van der Waals surface area (Å²) >= 11 is 0. The highest BCUT2D eigenvalue weighted by Crippen LogP contribution is 2.22. The number of nitrogens with one attached hydrogen (secondary N) is 2. The molecule has 0 spiro atoms. The number of likely N-dealkylation sites (tertiary alicyclic amines) is 1. The predicted octanol–water partition coefficient (Wildman–Crippen LogP) is 2.48. The number of hydrogen-bond donors (Lipinski definition) is 2. The lowest BCUT2D eigenvalue weighted by atomic mass is 9.98. The third-order valence-electron chi connectivity index (χ3n) is 3.50. The number of hydrogen-bond acceptors (Lipinski definition) is 3. The maximum Gasteiger partial charge on any atom is 0.407 e. The van der Waals surface area contributed by atoms with Gasteiger partial charge in [0.15, 0.2) is 0 Å². The quantitative estimate of drug-likeness (QED) is 0.787. The van der Waals surface area contributed by atoms with Crippen LogP contribution < -0.4 is 10.6 Å². The Bertz CT molecular complexity index is 356. The maximum atomic E-state index is 12.2. The van der Waals surface area contributed by atoms with E-state index in [1.807, 2.05) is 25.7 Å². The van der Waals surface area contributed by atoms with Crippen LogP contribution in [0.25, 0.3) is 0 Å². The Kier molecular flexibility index (Phi) is 6.30. The van der Waals surface area contributed by atoms with Crippen LogP contribution in [0, 0.1) is 0 Å². The number of ether oxygens (including phenoxy) is 1. The lowest BCUT2D eigenvalue weighted by Crippen LogP contribution is -2.52. The summed E-state index contributed by atoms with van der Waals surface area (Å²) in [6, 6.07) is 0.487. The summed E-state index contributed by atoms with van der Waals surface area (Å²) in [6.45, 7) is 10.3. The highest BCUT2D eigenvalue weighted by atomic mass is 16.6. The van der Waals surface area contributed by atoms with E-state index in [1.54, 1.807) is 0 Å². The molecule has 2 unspecified atom stereocenters. The van der Waals surface area contributed by atoms with Crippen molar-refractivity contribution in [2.24, 2.45) is 0 Å². The first-order valence-electron chi connectivity index (χ1n) is 7.73. The molecule has 0 aromatic heterocycles. The minimum atomic E-state index is -0.508. The van der Waals surface area contributed by atoms with Gasteiger partial charge in [-0.15, -0.1) is 0 Å². The van der Waals surface area contributed by atoms with Crippen molar-refractivity contribution in [3.8, 4) is 0 Å². The van der Waals surface area contributed by atoms with Crippen molar-refractivity contribution < 1.29 is 14.3 Å². The zero-order valence-electron chi connectivity index (χ0n) is 13.9. The van der Waals surface area contributed by atoms with Gasteiger partial charge in [-0.25, -0.2) is 9.59 Å². The molecular weight excluding hydrogens is 270 g/mol. The van der Waals surface area contributed by atoms with E-state index in [4.69, 9.17) is 4.74 Å². The Morgan fingerprint density at radius 1 is 1.10 bits per heavy atom. The molecule has 1 saturated heterocycles. The lowest BCUT2D eigenvalue weighted by molar-refractivity contribution is 0.0527. The molecule has 21 heavy (non-hydrogen) atoms. The van der Waals surface area contributed by atoms with Gasteiger partial charge in [-0.2, -0.15) is 0 Å². The van der Waals surface area contributed by atoms with Crippen molar-refractivity contribution in [1.29, 1.82) is 0 Å². The molecule has 0 saturated carbocycles. The van der Waals surface area contributed by atoms with Crippen LogP contribution in [0.5, 0.6) is 0 Å². The van der Waals surface area contributed by atoms with E-state index < -0.39 is 11.7 Å². The van der Waals surface area contributed by atoms with Gasteiger partial charge in [0.25, 0.3) is 0 Å². The SMILES string of the molecule is CC1CCCC(C)N1C(=O)NCCNC(=O)OC(C)(C)C. The summed E-state index contributed by atoms with van der Waals surface area (Å²) in [6.07, 6.45) is 2.81. The van der Waals surface area contributed by atoms with Crippen LogP contribution >= 0.6 is 0 Å². The topological polar surface area (TPSA) is 70.7 Å². The first-order valence-corrected chi connectivity index (χ1v) is 7.73. The summed E-state index contributed by atoms with van der Waals surface area (Å²) in [5, 5.41) is 5.47. The van der Waals surface area contributed by atoms with Crippen molar-refractivity contribution in [2.75, 3.05) is 13.1 Å². The molecule has 3 amide bonds. The van der Waals surface area contributed by atoms with Crippen LogP contribution in [-0.2, 0) is 4.74 Å². The zero-order valence-corrected chi connectivity index (χ0v) is 13.9. The second kappa shape index (κ2) is 7.52. The average molecular weight is 299 g/mol. The fraction of sp³-hybridized carbons (Fsp3) is 0.867. The molecule has 2 atom stereocenters. The van der Waals surface area contributed by atoms with Crippen LogP contribution in [0.3, 0.4) is 0 Å². The molecule has 6 heteroatoms. The van der Waals surface area contributed by atoms with Crippen LogP contribution in [0.1, 0.15) is 53.9 Å². The number of nitrogens with zero attached hydrogens (tertiary/aromatic N) is 1. The normalized spacial score (nSPS) is 22.6. The number of carbonyl (C=O) groups excluding carboxylic acids is 2. The molecule has 1 aliphatic rings. The van der Waals surface area contributed by atoms with Crippen LogP contribution in [-0.4, -0.2) is 47.8 Å². The summed E-state index contributed by atoms with van der Waals surface area (Å²) in [7, 11) is 0. The Morgan fingerprint density at radius 2 is 1.62 bits per heavy atom. The fourth-order valence-corrected chi connectivity index (χ4v) is 2.56. The molecule has 1 aliphatic heterocycles. The summed E-state index contributed by atoms with van der Waals surface area (Å²) in [5.41, 5.74) is -0.508. The minimum absolute atomic E-state index is 0.0549. The molecule has 1 fully saturated rings. The zero-order chi connectivity index (χ0) is 16.0. The molecule has 6 nitrogen and oxygen atoms in total. The van der Waals surface area contributed by atoms with E-state index in [2.05, 4.69) is 24.5 Å². The third kappa shape index (κ3) is 6.23. The summed E-state index contributed by atoms with van der Waals surface area (Å²) in [4.78, 5) is 25.5. The molecule has 122 valence electrons. The van der Waals surface area contributed by atoms with Crippen molar-refractivity contribution in [1.82, 2.24) is 15.5 Å². The number of alkyl carbamates (subject to hydrolysis) is 1. The number of carbonyl (C=O) groups is 2. The number of piperidine rings is 1. The summed E-state index contributed by atoms with van der Waals surface area (Å²) in [5.74, 6) is 0. The second-order valence-electron chi connectivity index (χ2n) is 6.70. The molecule has 0 bridgehead atoms. The molecule has 0 aromatic rings. The van der Waals surface area contributed by atoms with Gasteiger partial charge in [0.1, 0.15) is 5.60 Å². The van der Waals surface area contributed by atoms with Crippen molar-refractivity contribution in [2.45, 2.75) is 71.6 Å². The van der Waals surface area contributed by atoms with E-state index in [-0.39, 0.29) is 18.1 Å². The lowest BCUT2D eigenvalue weighted by Gasteiger charge is -2.38. The smallest absolute Gasteiger partial charge is 0.407 e. The Balaban J connectivity index is 2.26. The number of amides is 3. The van der Waals surface area contributed by atoms with E-state index in [1.165, 1.54) is 6.42 Å². The van der Waals surface area contributed by atoms with Crippen molar-refractivity contribution >= 4 is 12.1 Å². The van der Waals surface area contributed by atoms with Crippen LogP contribution in [0.2, 0.25) is 0 Å². The molecule has 1 heterocycles. The first kappa shape index (κ1) is 17.6. The molecule has 0 aliphatic carbocycles. The predicted molar refractivity (Wildman–Crippen MR) is 82.2 cm³/mol. The standard InChI is InChI=1S/C15H29N3O3/c1-11-7-6-8-12(2)18(11)13(19)16-9-10-17-14(20)21-15(3,4)5/h11-12H,6-10H2,1-5H3,(H,16,19)(H,17,20). The highest BCUT2D eigenvalue weighted by molar-refractivity contribution is 5.75. The van der Waals surface area contributed by atoms with Gasteiger partial charge in [0.05, 0.1) is 0 Å². The maximum absolute atomic E-state index is 12.2. The van der Waals surface area contributed by atoms with Gasteiger partial charge in [-0.1, -0.05) is 0 Å². The monoisotopic (exact) mass is 299 g/mol. The van der Waals surface area contributed by atoms with Gasteiger partial charge in [0.2, 0.25) is 0 Å². The average Bonchev–Trinajstić information content (AvgIpc) is 2.32. The Hall–Kier alpha value is -1.46. The first-order chi connectivity index (χ1) is 9.70. The van der Waals surface area contributed by atoms with E-state index in [0.717, 1.165) is 12.8 Å². The third-order valence-corrected chi connectivity index (χ3v) is 3.50. The molecule has 2 N–H and O–H groups in total. The van der Waals surface area contributed by atoms with Crippen molar-refractivity contribution in [3.63, 3.8) is 0 Å². The Morgan fingerprint density at radius 3 is 2.14 bits per heavy atom.